The topological polar surface area (TPSA) is 125 Å². The summed E-state index contributed by atoms with van der Waals surface area (Å²) in [5, 5.41) is 3.25. The van der Waals surface area contributed by atoms with E-state index in [0.717, 1.165) is 51.7 Å². The zero-order chi connectivity index (χ0) is 27.7. The second-order valence-corrected chi connectivity index (χ2v) is 13.8. The molecule has 1 aliphatic heterocycles. The van der Waals surface area contributed by atoms with Gasteiger partial charge in [-0.25, -0.2) is 21.8 Å². The number of nitrogens with zero attached hydrogens (tertiary/aromatic N) is 5. The molecule has 38 heavy (non-hydrogen) atoms. The van der Waals surface area contributed by atoms with Crippen LogP contribution in [0.4, 0.5) is 11.6 Å². The lowest BCUT2D eigenvalue weighted by Crippen LogP contribution is -2.44. The van der Waals surface area contributed by atoms with Gasteiger partial charge in [0.1, 0.15) is 0 Å². The highest BCUT2D eigenvalue weighted by molar-refractivity contribution is 8.09. The van der Waals surface area contributed by atoms with Crippen LogP contribution in [0.15, 0.2) is 42.5 Å². The number of halogens is 1. The number of sulfonamides is 2. The van der Waals surface area contributed by atoms with Gasteiger partial charge >= 0.3 is 0 Å². The van der Waals surface area contributed by atoms with Crippen LogP contribution in [0, 0.1) is 0 Å². The number of hydrogen-bond acceptors (Lipinski definition) is 8. The fourth-order valence-corrected chi connectivity index (χ4v) is 7.66. The Morgan fingerprint density at radius 2 is 1.68 bits per heavy atom. The van der Waals surface area contributed by atoms with Crippen LogP contribution in [0.1, 0.15) is 16.8 Å². The first-order chi connectivity index (χ1) is 17.8. The van der Waals surface area contributed by atoms with Crippen LogP contribution in [0.2, 0.25) is 5.02 Å². The van der Waals surface area contributed by atoms with E-state index in [9.17, 15) is 21.6 Å². The van der Waals surface area contributed by atoms with Gasteiger partial charge in [-0.2, -0.15) is 3.71 Å². The number of carbonyl (C=O) groups excluding carboxylic acids is 1. The van der Waals surface area contributed by atoms with Crippen molar-refractivity contribution in [2.24, 2.45) is 0 Å². The zero-order valence-electron chi connectivity index (χ0n) is 21.5. The summed E-state index contributed by atoms with van der Waals surface area (Å²) in [4.78, 5) is 22.2. The average molecular weight is 583 g/mol. The van der Waals surface area contributed by atoms with Crippen LogP contribution in [-0.2, 0) is 26.6 Å². The Kier molecular flexibility index (Phi) is 8.33. The molecule has 0 bridgehead atoms. The van der Waals surface area contributed by atoms with Crippen molar-refractivity contribution in [3.63, 3.8) is 0 Å². The third-order valence-corrected chi connectivity index (χ3v) is 9.80. The molecule has 1 N–H and O–H groups in total. The van der Waals surface area contributed by atoms with E-state index in [4.69, 9.17) is 11.6 Å². The lowest BCUT2D eigenvalue weighted by molar-refractivity contribution is 0.102. The standard InChI is InChI=1S/C24H31ClN6O5S2/c1-28-12-14-29(15-13-28)10-5-11-30-22-9-8-20(31(37(2,33)34)38(3,35)36)17-21(22)26-24(30)27-23(32)18-6-4-7-19(25)16-18/h4,6-9,16-17H,5,10-15H2,1-3H3,(H,26,27,32). The highest BCUT2D eigenvalue weighted by atomic mass is 35.5. The number of amides is 1. The highest BCUT2D eigenvalue weighted by Crippen LogP contribution is 2.28. The molecule has 206 valence electrons. The largest absolute Gasteiger partial charge is 0.310 e. The number of benzene rings is 2. The lowest BCUT2D eigenvalue weighted by atomic mass is 10.2. The Morgan fingerprint density at radius 1 is 1.00 bits per heavy atom. The van der Waals surface area contributed by atoms with E-state index in [0.29, 0.717) is 31.9 Å². The highest BCUT2D eigenvalue weighted by Gasteiger charge is 2.28. The first-order valence-electron chi connectivity index (χ1n) is 12.0. The Morgan fingerprint density at radius 3 is 2.32 bits per heavy atom. The first-order valence-corrected chi connectivity index (χ1v) is 16.1. The monoisotopic (exact) mass is 582 g/mol. The molecule has 14 heteroatoms. The molecule has 1 saturated heterocycles. The number of imidazole rings is 1. The van der Waals surface area contributed by atoms with Crippen molar-refractivity contribution in [1.29, 1.82) is 0 Å². The molecule has 1 aliphatic rings. The Balaban J connectivity index is 1.67. The van der Waals surface area contributed by atoms with Crippen LogP contribution in [-0.4, -0.2) is 94.4 Å². The Bertz CT molecular complexity index is 1520. The summed E-state index contributed by atoms with van der Waals surface area (Å²) in [5.74, 6) is -0.136. The number of aromatic nitrogens is 2. The molecule has 1 aromatic heterocycles. The number of carbonyl (C=O) groups is 1. The van der Waals surface area contributed by atoms with Crippen molar-refractivity contribution in [3.05, 3.63) is 53.1 Å². The van der Waals surface area contributed by atoms with Gasteiger partial charge < -0.3 is 14.4 Å². The first kappa shape index (κ1) is 28.3. The summed E-state index contributed by atoms with van der Waals surface area (Å²) in [6, 6.07) is 11.0. The summed E-state index contributed by atoms with van der Waals surface area (Å²) < 4.78 is 51.3. The van der Waals surface area contributed by atoms with Crippen molar-refractivity contribution in [1.82, 2.24) is 19.4 Å². The predicted octanol–water partition coefficient (Wildman–Crippen LogP) is 2.31. The van der Waals surface area contributed by atoms with Crippen LogP contribution in [0.5, 0.6) is 0 Å². The van der Waals surface area contributed by atoms with Gasteiger partial charge in [0.2, 0.25) is 26.0 Å². The molecule has 11 nitrogen and oxygen atoms in total. The molecule has 2 heterocycles. The normalized spacial score (nSPS) is 15.6. The number of rotatable bonds is 9. The van der Waals surface area contributed by atoms with Crippen molar-refractivity contribution < 1.29 is 21.6 Å². The van der Waals surface area contributed by atoms with Gasteiger partial charge in [-0.05, 0) is 56.4 Å². The smallest absolute Gasteiger partial charge is 0.258 e. The summed E-state index contributed by atoms with van der Waals surface area (Å²) >= 11 is 6.05. The van der Waals surface area contributed by atoms with Crippen LogP contribution in [0.25, 0.3) is 11.0 Å². The number of hydrogen-bond donors (Lipinski definition) is 1. The van der Waals surface area contributed by atoms with E-state index >= 15 is 0 Å². The third kappa shape index (κ3) is 6.64. The molecule has 2 aromatic carbocycles. The molecule has 0 atom stereocenters. The third-order valence-electron chi connectivity index (χ3n) is 6.31. The fourth-order valence-electron chi connectivity index (χ4n) is 4.51. The number of anilines is 2. The molecule has 3 aromatic rings. The maximum Gasteiger partial charge on any atom is 0.258 e. The zero-order valence-corrected chi connectivity index (χ0v) is 23.9. The van der Waals surface area contributed by atoms with E-state index < -0.39 is 26.0 Å². The molecule has 0 radical (unpaired) electrons. The number of aryl methyl sites for hydroxylation is 1. The van der Waals surface area contributed by atoms with Crippen molar-refractivity contribution >= 4 is 60.2 Å². The summed E-state index contributed by atoms with van der Waals surface area (Å²) in [6.45, 7) is 5.38. The maximum absolute atomic E-state index is 13.0. The maximum atomic E-state index is 13.0. The van der Waals surface area contributed by atoms with Crippen LogP contribution >= 0.6 is 11.6 Å². The number of likely N-dealkylation sites (N-methyl/N-ethyl adjacent to an activating group) is 1. The number of piperazine rings is 1. The second kappa shape index (κ2) is 11.2. The number of nitrogens with one attached hydrogen (secondary N) is 1. The van der Waals surface area contributed by atoms with Gasteiger partial charge in [0.25, 0.3) is 5.91 Å². The SMILES string of the molecule is CN1CCN(CCCn2c(NC(=O)c3cccc(Cl)c3)nc3cc(N(S(C)(=O)=O)S(C)(=O)=O)ccc32)CC1. The van der Waals surface area contributed by atoms with E-state index in [1.807, 2.05) is 4.57 Å². The summed E-state index contributed by atoms with van der Waals surface area (Å²) in [7, 11) is -6.13. The molecule has 0 saturated carbocycles. The molecule has 0 spiro atoms. The Labute approximate surface area is 228 Å². The van der Waals surface area contributed by atoms with Gasteiger partial charge in [-0.1, -0.05) is 17.7 Å². The molecule has 0 aliphatic carbocycles. The quantitative estimate of drug-likeness (QED) is 0.407. The van der Waals surface area contributed by atoms with Gasteiger partial charge in [-0.15, -0.1) is 0 Å². The van der Waals surface area contributed by atoms with Crippen LogP contribution in [0.3, 0.4) is 0 Å². The van der Waals surface area contributed by atoms with Gasteiger partial charge in [0.15, 0.2) is 0 Å². The van der Waals surface area contributed by atoms with E-state index in [-0.39, 0.29) is 11.6 Å². The Hall–Kier alpha value is -2.71. The molecule has 4 rings (SSSR count). The minimum absolute atomic E-state index is 0.0581. The minimum atomic E-state index is -4.12. The molecular formula is C24H31ClN6O5S2. The average Bonchev–Trinajstić information content (AvgIpc) is 3.14. The second-order valence-electron chi connectivity index (χ2n) is 9.45. The van der Waals surface area contributed by atoms with E-state index in [2.05, 4.69) is 27.1 Å². The lowest BCUT2D eigenvalue weighted by Gasteiger charge is -2.32. The molecule has 1 amide bonds. The van der Waals surface area contributed by atoms with Gasteiger partial charge in [0.05, 0.1) is 29.2 Å². The summed E-state index contributed by atoms with van der Waals surface area (Å²) in [6.07, 6.45) is 2.44. The van der Waals surface area contributed by atoms with Crippen molar-refractivity contribution in [2.75, 3.05) is 61.3 Å². The fraction of sp³-hybridized carbons (Fsp3) is 0.417. The van der Waals surface area contributed by atoms with Gasteiger partial charge in [-0.3, -0.25) is 10.1 Å². The minimum Gasteiger partial charge on any atom is -0.310 e. The molecule has 1 fully saturated rings. The van der Waals surface area contributed by atoms with Crippen LogP contribution < -0.4 is 9.03 Å². The predicted molar refractivity (Wildman–Crippen MR) is 150 cm³/mol. The van der Waals surface area contributed by atoms with Crippen molar-refractivity contribution in [2.45, 2.75) is 13.0 Å². The van der Waals surface area contributed by atoms with E-state index in [1.165, 1.54) is 12.1 Å². The molecule has 0 unspecified atom stereocenters. The van der Waals surface area contributed by atoms with Gasteiger partial charge in [0, 0.05) is 43.3 Å². The van der Waals surface area contributed by atoms with E-state index in [1.54, 1.807) is 30.3 Å². The number of fused-ring (bicyclic) bond motifs is 1. The summed E-state index contributed by atoms with van der Waals surface area (Å²) in [5.41, 5.74) is 1.28. The molecular weight excluding hydrogens is 552 g/mol. The van der Waals surface area contributed by atoms with Crippen molar-refractivity contribution in [3.8, 4) is 0 Å².